The lowest BCUT2D eigenvalue weighted by Gasteiger charge is -2.28. The van der Waals surface area contributed by atoms with Crippen molar-refractivity contribution in [3.05, 3.63) is 74.4 Å². The van der Waals surface area contributed by atoms with Crippen molar-refractivity contribution in [1.29, 1.82) is 0 Å². The molecule has 0 saturated carbocycles. The van der Waals surface area contributed by atoms with Gasteiger partial charge in [-0.05, 0) is 53.8 Å². The molecule has 0 aliphatic carbocycles. The number of halogens is 2. The molecule has 3 amide bonds. The minimum atomic E-state index is -0.437. The first-order valence-electron chi connectivity index (χ1n) is 11.6. The van der Waals surface area contributed by atoms with E-state index in [0.29, 0.717) is 59.9 Å². The molecule has 3 aromatic rings. The predicted octanol–water partition coefficient (Wildman–Crippen LogP) is 5.88. The lowest BCUT2D eigenvalue weighted by atomic mass is 10.2. The zero-order valence-electron chi connectivity index (χ0n) is 20.2. The van der Waals surface area contributed by atoms with E-state index in [9.17, 15) is 9.59 Å². The fourth-order valence-corrected chi connectivity index (χ4v) is 4.96. The molecule has 4 rings (SSSR count). The highest BCUT2D eigenvalue weighted by Gasteiger charge is 2.23. The van der Waals surface area contributed by atoms with Crippen molar-refractivity contribution < 1.29 is 23.8 Å². The Labute approximate surface area is 229 Å². The molecule has 2 heterocycles. The van der Waals surface area contributed by atoms with Crippen molar-refractivity contribution in [2.45, 2.75) is 19.5 Å². The van der Waals surface area contributed by atoms with Crippen molar-refractivity contribution in [3.8, 4) is 11.5 Å². The number of carbonyl (C=O) groups is 2. The van der Waals surface area contributed by atoms with Crippen LogP contribution in [0.25, 0.3) is 0 Å². The van der Waals surface area contributed by atoms with E-state index in [1.54, 1.807) is 41.5 Å². The highest BCUT2D eigenvalue weighted by Crippen LogP contribution is 2.33. The van der Waals surface area contributed by atoms with E-state index in [2.05, 4.69) is 5.32 Å². The number of amides is 3. The summed E-state index contributed by atoms with van der Waals surface area (Å²) in [6.07, 6.45) is 0.568. The second kappa shape index (κ2) is 13.0. The molecule has 2 aromatic carbocycles. The smallest absolute Gasteiger partial charge is 0.322 e. The quantitative estimate of drug-likeness (QED) is 0.294. The third-order valence-electron chi connectivity index (χ3n) is 5.65. The lowest BCUT2D eigenvalue weighted by Crippen LogP contribution is -2.44. The fourth-order valence-electron chi connectivity index (χ4n) is 3.78. The molecule has 1 aliphatic rings. The van der Waals surface area contributed by atoms with Crippen LogP contribution in [0.1, 0.15) is 16.9 Å². The van der Waals surface area contributed by atoms with Gasteiger partial charge >= 0.3 is 6.03 Å². The number of carbonyl (C=O) groups excluding carboxylic acids is 2. The zero-order chi connectivity index (χ0) is 26.2. The Bertz CT molecular complexity index is 1220. The number of urea groups is 1. The summed E-state index contributed by atoms with van der Waals surface area (Å²) in [4.78, 5) is 31.0. The van der Waals surface area contributed by atoms with Crippen LogP contribution in [0.15, 0.2) is 53.9 Å². The van der Waals surface area contributed by atoms with Crippen molar-refractivity contribution in [2.75, 3.05) is 38.9 Å². The highest BCUT2D eigenvalue weighted by molar-refractivity contribution is 7.09. The standard InChI is InChI=1S/C26H27Cl2N3O5S/c1-34-10-3-9-30(26(33)29-22-7-6-19(27)13-21(22)28)16-25(32)31(15-20-4-2-11-37-20)14-18-5-8-23-24(12-18)36-17-35-23/h2,4-8,11-13H,3,9-10,14-17H2,1H3,(H,29,33). The third kappa shape index (κ3) is 7.52. The van der Waals surface area contributed by atoms with Crippen LogP contribution >= 0.6 is 34.5 Å². The second-order valence-electron chi connectivity index (χ2n) is 8.34. The molecule has 0 spiro atoms. The van der Waals surface area contributed by atoms with E-state index in [-0.39, 0.29) is 19.2 Å². The first kappa shape index (κ1) is 27.1. The number of nitrogens with zero attached hydrogens (tertiary/aromatic N) is 2. The molecule has 1 aromatic heterocycles. The Morgan fingerprint density at radius 2 is 1.89 bits per heavy atom. The first-order chi connectivity index (χ1) is 17.9. The van der Waals surface area contributed by atoms with Crippen LogP contribution in [0.3, 0.4) is 0 Å². The number of anilines is 1. The molecule has 8 nitrogen and oxygen atoms in total. The van der Waals surface area contributed by atoms with Crippen molar-refractivity contribution in [3.63, 3.8) is 0 Å². The lowest BCUT2D eigenvalue weighted by molar-refractivity contribution is -0.133. The maximum absolute atomic E-state index is 13.6. The predicted molar refractivity (Wildman–Crippen MR) is 145 cm³/mol. The number of hydrogen-bond acceptors (Lipinski definition) is 6. The average Bonchev–Trinajstić information content (AvgIpc) is 3.56. The highest BCUT2D eigenvalue weighted by atomic mass is 35.5. The van der Waals surface area contributed by atoms with Gasteiger partial charge < -0.3 is 29.3 Å². The minimum absolute atomic E-state index is 0.114. The van der Waals surface area contributed by atoms with Crippen molar-refractivity contribution in [2.24, 2.45) is 0 Å². The number of thiophene rings is 1. The van der Waals surface area contributed by atoms with Gasteiger partial charge in [0.15, 0.2) is 11.5 Å². The summed E-state index contributed by atoms with van der Waals surface area (Å²) in [5.41, 5.74) is 1.31. The topological polar surface area (TPSA) is 80.3 Å². The van der Waals surface area contributed by atoms with Crippen LogP contribution in [0.2, 0.25) is 10.0 Å². The molecule has 0 unspecified atom stereocenters. The van der Waals surface area contributed by atoms with E-state index in [1.165, 1.54) is 4.90 Å². The maximum Gasteiger partial charge on any atom is 0.322 e. The summed E-state index contributed by atoms with van der Waals surface area (Å²) in [5.74, 6) is 1.14. The summed E-state index contributed by atoms with van der Waals surface area (Å²) in [7, 11) is 1.59. The second-order valence-corrected chi connectivity index (χ2v) is 10.2. The molecule has 0 fully saturated rings. The molecular formula is C26H27Cl2N3O5S. The molecule has 0 radical (unpaired) electrons. The van der Waals surface area contributed by atoms with Gasteiger partial charge in [0.05, 0.1) is 17.3 Å². The number of hydrogen-bond donors (Lipinski definition) is 1. The number of ether oxygens (including phenoxy) is 3. The molecule has 37 heavy (non-hydrogen) atoms. The van der Waals surface area contributed by atoms with Gasteiger partial charge in [-0.15, -0.1) is 11.3 Å². The van der Waals surface area contributed by atoms with Gasteiger partial charge in [0, 0.05) is 36.7 Å². The molecule has 1 N–H and O–H groups in total. The number of fused-ring (bicyclic) bond motifs is 1. The Balaban J connectivity index is 1.50. The van der Waals surface area contributed by atoms with Gasteiger partial charge in [-0.1, -0.05) is 35.3 Å². The maximum atomic E-state index is 13.6. The van der Waals surface area contributed by atoms with Gasteiger partial charge in [-0.2, -0.15) is 0 Å². The average molecular weight is 564 g/mol. The molecule has 0 bridgehead atoms. The van der Waals surface area contributed by atoms with Gasteiger partial charge in [0.1, 0.15) is 6.54 Å². The minimum Gasteiger partial charge on any atom is -0.454 e. The summed E-state index contributed by atoms with van der Waals surface area (Å²) in [6, 6.07) is 13.9. The van der Waals surface area contributed by atoms with E-state index in [1.807, 2.05) is 35.7 Å². The van der Waals surface area contributed by atoms with E-state index in [0.717, 1.165) is 10.4 Å². The largest absolute Gasteiger partial charge is 0.454 e. The summed E-state index contributed by atoms with van der Waals surface area (Å²) in [6.45, 7) is 1.62. The van der Waals surface area contributed by atoms with Crippen molar-refractivity contribution in [1.82, 2.24) is 9.80 Å². The van der Waals surface area contributed by atoms with Crippen LogP contribution in [0.5, 0.6) is 11.5 Å². The monoisotopic (exact) mass is 563 g/mol. The Kier molecular flexibility index (Phi) is 9.51. The van der Waals surface area contributed by atoms with Gasteiger partial charge in [-0.3, -0.25) is 4.79 Å². The van der Waals surface area contributed by atoms with Crippen molar-refractivity contribution >= 4 is 52.2 Å². The number of rotatable bonds is 11. The summed E-state index contributed by atoms with van der Waals surface area (Å²) >= 11 is 13.8. The summed E-state index contributed by atoms with van der Waals surface area (Å²) in [5, 5.41) is 5.53. The van der Waals surface area contributed by atoms with Crippen LogP contribution in [-0.4, -0.2) is 55.3 Å². The van der Waals surface area contributed by atoms with Crippen LogP contribution in [0.4, 0.5) is 10.5 Å². The van der Waals surface area contributed by atoms with Gasteiger partial charge in [0.25, 0.3) is 0 Å². The normalized spacial score (nSPS) is 11.9. The van der Waals surface area contributed by atoms with E-state index in [4.69, 9.17) is 37.4 Å². The molecule has 11 heteroatoms. The fraction of sp³-hybridized carbons (Fsp3) is 0.308. The molecule has 196 valence electrons. The number of benzene rings is 2. The molecular weight excluding hydrogens is 537 g/mol. The molecule has 0 saturated heterocycles. The zero-order valence-corrected chi connectivity index (χ0v) is 22.6. The Hall–Kier alpha value is -2.98. The first-order valence-corrected chi connectivity index (χ1v) is 13.2. The third-order valence-corrected chi connectivity index (χ3v) is 7.06. The van der Waals surface area contributed by atoms with Gasteiger partial charge in [0.2, 0.25) is 12.7 Å². The Morgan fingerprint density at radius 1 is 1.05 bits per heavy atom. The molecule has 1 aliphatic heterocycles. The number of nitrogens with one attached hydrogen (secondary N) is 1. The van der Waals surface area contributed by atoms with E-state index < -0.39 is 6.03 Å². The number of methoxy groups -OCH3 is 1. The van der Waals surface area contributed by atoms with Crippen LogP contribution in [-0.2, 0) is 22.6 Å². The summed E-state index contributed by atoms with van der Waals surface area (Å²) < 4.78 is 16.0. The van der Waals surface area contributed by atoms with Crippen LogP contribution < -0.4 is 14.8 Å². The Morgan fingerprint density at radius 3 is 2.65 bits per heavy atom. The molecule has 0 atom stereocenters. The van der Waals surface area contributed by atoms with Crippen LogP contribution in [0, 0.1) is 0 Å². The SMILES string of the molecule is COCCCN(CC(=O)N(Cc1ccc2c(c1)OCO2)Cc1cccs1)C(=O)Nc1ccc(Cl)cc1Cl. The van der Waals surface area contributed by atoms with E-state index >= 15 is 0 Å². The van der Waals surface area contributed by atoms with Gasteiger partial charge in [-0.25, -0.2) is 4.79 Å².